The molecule has 1 aromatic heterocycles. The van der Waals surface area contributed by atoms with Gasteiger partial charge in [-0.1, -0.05) is 45.9 Å². The van der Waals surface area contributed by atoms with Gasteiger partial charge in [0.15, 0.2) is 0 Å². The molecule has 0 fully saturated rings. The van der Waals surface area contributed by atoms with E-state index in [1.54, 1.807) is 0 Å². The van der Waals surface area contributed by atoms with Gasteiger partial charge in [-0.25, -0.2) is 0 Å². The number of aromatic nitrogens is 1. The van der Waals surface area contributed by atoms with Crippen LogP contribution < -0.4 is 5.32 Å². The summed E-state index contributed by atoms with van der Waals surface area (Å²) in [5.74, 6) is 1.49. The maximum absolute atomic E-state index is 3.57. The molecule has 2 rings (SSSR count). The van der Waals surface area contributed by atoms with Crippen molar-refractivity contribution in [3.05, 3.63) is 36.0 Å². The fourth-order valence-corrected chi connectivity index (χ4v) is 2.81. The molecule has 0 aliphatic carbocycles. The molecule has 2 nitrogen and oxygen atoms in total. The summed E-state index contributed by atoms with van der Waals surface area (Å²) >= 11 is 0. The Morgan fingerprint density at radius 3 is 2.52 bits per heavy atom. The van der Waals surface area contributed by atoms with Gasteiger partial charge in [0.2, 0.25) is 0 Å². The fraction of sp³-hybridized carbons (Fsp3) is 0.579. The number of benzene rings is 1. The fourth-order valence-electron chi connectivity index (χ4n) is 2.81. The van der Waals surface area contributed by atoms with Crippen LogP contribution in [-0.4, -0.2) is 11.1 Å². The van der Waals surface area contributed by atoms with Crippen molar-refractivity contribution >= 4 is 10.9 Å². The molecule has 1 heterocycles. The Hall–Kier alpha value is -1.28. The van der Waals surface area contributed by atoms with Crippen LogP contribution in [0.5, 0.6) is 0 Å². The van der Waals surface area contributed by atoms with Crippen molar-refractivity contribution in [2.24, 2.45) is 11.8 Å². The minimum atomic E-state index is 0.699. The lowest BCUT2D eigenvalue weighted by Crippen LogP contribution is -2.18. The van der Waals surface area contributed by atoms with Gasteiger partial charge in [-0.15, -0.1) is 0 Å². The molecule has 116 valence electrons. The average Bonchev–Trinajstić information content (AvgIpc) is 2.77. The van der Waals surface area contributed by atoms with E-state index in [2.05, 4.69) is 68.0 Å². The third-order valence-corrected chi connectivity index (χ3v) is 3.92. The van der Waals surface area contributed by atoms with E-state index in [1.165, 1.54) is 29.3 Å². The van der Waals surface area contributed by atoms with Crippen molar-refractivity contribution in [3.8, 4) is 0 Å². The summed E-state index contributed by atoms with van der Waals surface area (Å²) in [6.07, 6.45) is 4.90. The third kappa shape index (κ3) is 4.60. The zero-order valence-corrected chi connectivity index (χ0v) is 14.0. The first-order chi connectivity index (χ1) is 10.1. The average molecular weight is 286 g/mol. The van der Waals surface area contributed by atoms with Crippen molar-refractivity contribution < 1.29 is 0 Å². The number of para-hydroxylation sites is 1. The maximum atomic E-state index is 3.57. The van der Waals surface area contributed by atoms with Gasteiger partial charge in [0, 0.05) is 30.2 Å². The molecule has 0 aliphatic rings. The second-order valence-corrected chi connectivity index (χ2v) is 6.93. The Kier molecular flexibility index (Phi) is 5.86. The first-order valence-corrected chi connectivity index (χ1v) is 8.35. The van der Waals surface area contributed by atoms with Crippen LogP contribution in [0.4, 0.5) is 0 Å². The standard InChI is InChI=1S/C19H30N2/c1-15(2)8-7-11-21-14-17(13-20-12-16(3)4)18-9-5-6-10-19(18)21/h5-6,9-10,14-16,20H,7-8,11-13H2,1-4H3. The van der Waals surface area contributed by atoms with E-state index in [0.29, 0.717) is 5.92 Å². The quantitative estimate of drug-likeness (QED) is 0.736. The predicted octanol–water partition coefficient (Wildman–Crippen LogP) is 4.82. The van der Waals surface area contributed by atoms with Crippen LogP contribution in [0.25, 0.3) is 10.9 Å². The number of nitrogens with one attached hydrogen (secondary N) is 1. The van der Waals surface area contributed by atoms with E-state index in [1.807, 2.05) is 0 Å². The van der Waals surface area contributed by atoms with Crippen molar-refractivity contribution in [2.75, 3.05) is 6.54 Å². The molecule has 0 radical (unpaired) electrons. The van der Waals surface area contributed by atoms with E-state index >= 15 is 0 Å². The predicted molar refractivity (Wildman–Crippen MR) is 92.6 cm³/mol. The van der Waals surface area contributed by atoms with Crippen LogP contribution in [0.1, 0.15) is 46.1 Å². The zero-order chi connectivity index (χ0) is 15.2. The highest BCUT2D eigenvalue weighted by molar-refractivity contribution is 5.83. The summed E-state index contributed by atoms with van der Waals surface area (Å²) in [4.78, 5) is 0. The van der Waals surface area contributed by atoms with Gasteiger partial charge in [0.25, 0.3) is 0 Å². The Labute approximate surface area is 129 Å². The normalized spacial score (nSPS) is 11.9. The second kappa shape index (κ2) is 7.65. The second-order valence-electron chi connectivity index (χ2n) is 6.93. The minimum absolute atomic E-state index is 0.699. The van der Waals surface area contributed by atoms with Crippen molar-refractivity contribution in [2.45, 2.75) is 53.6 Å². The topological polar surface area (TPSA) is 17.0 Å². The van der Waals surface area contributed by atoms with Crippen LogP contribution in [0.2, 0.25) is 0 Å². The number of fused-ring (bicyclic) bond motifs is 1. The van der Waals surface area contributed by atoms with E-state index in [0.717, 1.165) is 25.6 Å². The van der Waals surface area contributed by atoms with Crippen LogP contribution in [-0.2, 0) is 13.1 Å². The van der Waals surface area contributed by atoms with Gasteiger partial charge >= 0.3 is 0 Å². The first-order valence-electron chi connectivity index (χ1n) is 8.35. The number of rotatable bonds is 8. The number of hydrogen-bond acceptors (Lipinski definition) is 1. The Morgan fingerprint density at radius 2 is 1.81 bits per heavy atom. The summed E-state index contributed by atoms with van der Waals surface area (Å²) in [6.45, 7) is 12.3. The van der Waals surface area contributed by atoms with Crippen LogP contribution >= 0.6 is 0 Å². The van der Waals surface area contributed by atoms with Gasteiger partial charge in [0.1, 0.15) is 0 Å². The summed E-state index contributed by atoms with van der Waals surface area (Å²) < 4.78 is 2.43. The molecule has 21 heavy (non-hydrogen) atoms. The molecule has 0 unspecified atom stereocenters. The van der Waals surface area contributed by atoms with Crippen LogP contribution in [0.15, 0.2) is 30.5 Å². The number of aryl methyl sites for hydroxylation is 1. The molecule has 0 bridgehead atoms. The molecular formula is C19H30N2. The lowest BCUT2D eigenvalue weighted by molar-refractivity contribution is 0.516. The van der Waals surface area contributed by atoms with E-state index < -0.39 is 0 Å². The lowest BCUT2D eigenvalue weighted by Gasteiger charge is -2.07. The van der Waals surface area contributed by atoms with Gasteiger partial charge in [0.05, 0.1) is 0 Å². The summed E-state index contributed by atoms with van der Waals surface area (Å²) in [5, 5.41) is 4.97. The summed E-state index contributed by atoms with van der Waals surface area (Å²) in [6, 6.07) is 8.79. The van der Waals surface area contributed by atoms with Crippen molar-refractivity contribution in [3.63, 3.8) is 0 Å². The molecule has 0 saturated heterocycles. The third-order valence-electron chi connectivity index (χ3n) is 3.92. The highest BCUT2D eigenvalue weighted by atomic mass is 15.0. The number of hydrogen-bond donors (Lipinski definition) is 1. The molecule has 0 amide bonds. The lowest BCUT2D eigenvalue weighted by atomic mass is 10.1. The van der Waals surface area contributed by atoms with Crippen molar-refractivity contribution in [1.82, 2.24) is 9.88 Å². The molecule has 2 aromatic rings. The Morgan fingerprint density at radius 1 is 1.05 bits per heavy atom. The molecule has 0 aliphatic heterocycles. The van der Waals surface area contributed by atoms with Crippen LogP contribution in [0.3, 0.4) is 0 Å². The van der Waals surface area contributed by atoms with Gasteiger partial charge in [-0.2, -0.15) is 0 Å². The minimum Gasteiger partial charge on any atom is -0.347 e. The monoisotopic (exact) mass is 286 g/mol. The number of nitrogens with zero attached hydrogens (tertiary/aromatic N) is 1. The first kappa shape index (κ1) is 16.1. The highest BCUT2D eigenvalue weighted by Crippen LogP contribution is 2.22. The molecule has 0 saturated carbocycles. The molecular weight excluding hydrogens is 256 g/mol. The molecule has 1 aromatic carbocycles. The van der Waals surface area contributed by atoms with Gasteiger partial charge in [-0.3, -0.25) is 0 Å². The zero-order valence-electron chi connectivity index (χ0n) is 14.0. The molecule has 0 atom stereocenters. The molecule has 1 N–H and O–H groups in total. The molecule has 0 spiro atoms. The van der Waals surface area contributed by atoms with E-state index in [-0.39, 0.29) is 0 Å². The smallest absolute Gasteiger partial charge is 0.0483 e. The van der Waals surface area contributed by atoms with Crippen molar-refractivity contribution in [1.29, 1.82) is 0 Å². The SMILES string of the molecule is CC(C)CCCn1cc(CNCC(C)C)c2ccccc21. The Balaban J connectivity index is 2.10. The highest BCUT2D eigenvalue weighted by Gasteiger charge is 2.08. The summed E-state index contributed by atoms with van der Waals surface area (Å²) in [7, 11) is 0. The van der Waals surface area contributed by atoms with Gasteiger partial charge in [-0.05, 0) is 42.9 Å². The largest absolute Gasteiger partial charge is 0.347 e. The summed E-state index contributed by atoms with van der Waals surface area (Å²) in [5.41, 5.74) is 2.80. The maximum Gasteiger partial charge on any atom is 0.0483 e. The Bertz CT molecular complexity index is 504. The van der Waals surface area contributed by atoms with E-state index in [9.17, 15) is 0 Å². The van der Waals surface area contributed by atoms with Gasteiger partial charge < -0.3 is 9.88 Å². The van der Waals surface area contributed by atoms with E-state index in [4.69, 9.17) is 0 Å². The molecule has 2 heteroatoms. The van der Waals surface area contributed by atoms with Crippen LogP contribution in [0, 0.1) is 11.8 Å².